The lowest BCUT2D eigenvalue weighted by Gasteiger charge is -2.20. The summed E-state index contributed by atoms with van der Waals surface area (Å²) in [6.45, 7) is 7.15. The number of carbonyl (C=O) groups is 2. The van der Waals surface area contributed by atoms with Gasteiger partial charge in [-0.05, 0) is 19.8 Å². The molecule has 5 heteroatoms. The molecule has 94 valence electrons. The van der Waals surface area contributed by atoms with E-state index in [0.29, 0.717) is 6.42 Å². The minimum atomic E-state index is -0.980. The molecule has 0 fully saturated rings. The van der Waals surface area contributed by atoms with E-state index in [9.17, 15) is 14.7 Å². The van der Waals surface area contributed by atoms with E-state index < -0.39 is 18.1 Å². The van der Waals surface area contributed by atoms with Crippen LogP contribution < -0.4 is 5.32 Å². The van der Waals surface area contributed by atoms with Crippen molar-refractivity contribution < 1.29 is 19.4 Å². The van der Waals surface area contributed by atoms with Gasteiger partial charge in [0.2, 0.25) is 5.91 Å². The Balaban J connectivity index is 4.34. The van der Waals surface area contributed by atoms with Crippen molar-refractivity contribution in [3.05, 3.63) is 0 Å². The molecule has 0 aliphatic rings. The Hall–Kier alpha value is -1.10. The molecule has 2 N–H and O–H groups in total. The topological polar surface area (TPSA) is 75.6 Å². The lowest BCUT2D eigenvalue weighted by atomic mass is 10.1. The number of hydrogen-bond donors (Lipinski definition) is 2. The third-order valence-corrected chi connectivity index (χ3v) is 1.93. The van der Waals surface area contributed by atoms with Gasteiger partial charge in [0.1, 0.15) is 0 Å². The monoisotopic (exact) mass is 231 g/mol. The second-order valence-corrected chi connectivity index (χ2v) is 4.14. The van der Waals surface area contributed by atoms with Crippen LogP contribution in [0.4, 0.5) is 0 Å². The second-order valence-electron chi connectivity index (χ2n) is 4.14. The summed E-state index contributed by atoms with van der Waals surface area (Å²) >= 11 is 0. The predicted molar refractivity (Wildman–Crippen MR) is 59.7 cm³/mol. The lowest BCUT2D eigenvalue weighted by molar-refractivity contribution is -0.150. The Morgan fingerprint density at radius 1 is 1.31 bits per heavy atom. The van der Waals surface area contributed by atoms with Gasteiger partial charge in [-0.2, -0.15) is 0 Å². The molecule has 0 radical (unpaired) electrons. The molecule has 0 rings (SSSR count). The molecule has 0 saturated heterocycles. The van der Waals surface area contributed by atoms with E-state index in [-0.39, 0.29) is 18.4 Å². The summed E-state index contributed by atoms with van der Waals surface area (Å²) in [5.41, 5.74) is 0. The van der Waals surface area contributed by atoms with E-state index in [2.05, 4.69) is 5.32 Å². The molecular weight excluding hydrogens is 210 g/mol. The Labute approximate surface area is 96.2 Å². The summed E-state index contributed by atoms with van der Waals surface area (Å²) in [6, 6.07) is -0.980. The Morgan fingerprint density at radius 3 is 2.25 bits per heavy atom. The fourth-order valence-electron chi connectivity index (χ4n) is 1.21. The molecule has 0 bridgehead atoms. The largest absolute Gasteiger partial charge is 0.464 e. The molecule has 1 amide bonds. The van der Waals surface area contributed by atoms with Crippen LogP contribution in [0.3, 0.4) is 0 Å². The first-order valence-electron chi connectivity index (χ1n) is 5.52. The summed E-state index contributed by atoms with van der Waals surface area (Å²) in [5.74, 6) is -0.652. The van der Waals surface area contributed by atoms with Crippen LogP contribution in [-0.4, -0.2) is 35.7 Å². The quantitative estimate of drug-likeness (QED) is 0.651. The van der Waals surface area contributed by atoms with Gasteiger partial charge in [0.15, 0.2) is 6.04 Å². The fraction of sp³-hybridized carbons (Fsp3) is 0.818. The van der Waals surface area contributed by atoms with Gasteiger partial charge in [-0.3, -0.25) is 4.79 Å². The lowest BCUT2D eigenvalue weighted by Crippen LogP contribution is -2.48. The van der Waals surface area contributed by atoms with Crippen molar-refractivity contribution in [2.75, 3.05) is 6.61 Å². The number of rotatable bonds is 6. The summed E-state index contributed by atoms with van der Waals surface area (Å²) in [5, 5.41) is 11.8. The molecule has 0 aromatic carbocycles. The smallest absolute Gasteiger partial charge is 0.331 e. The molecular formula is C11H21NO4. The SMILES string of the molecule is CCOC(=O)C(NC(=O)CC(C)C)C(C)O. The van der Waals surface area contributed by atoms with Crippen molar-refractivity contribution in [1.82, 2.24) is 5.32 Å². The van der Waals surface area contributed by atoms with Gasteiger partial charge in [0, 0.05) is 6.42 Å². The highest BCUT2D eigenvalue weighted by Gasteiger charge is 2.26. The van der Waals surface area contributed by atoms with Crippen LogP contribution in [0.15, 0.2) is 0 Å². The van der Waals surface area contributed by atoms with Crippen LogP contribution >= 0.6 is 0 Å². The van der Waals surface area contributed by atoms with Crippen LogP contribution in [0.1, 0.15) is 34.1 Å². The van der Waals surface area contributed by atoms with Crippen LogP contribution in [0.25, 0.3) is 0 Å². The van der Waals surface area contributed by atoms with Crippen LogP contribution in [0, 0.1) is 5.92 Å². The Morgan fingerprint density at radius 2 is 1.88 bits per heavy atom. The number of hydrogen-bond acceptors (Lipinski definition) is 4. The number of esters is 1. The average Bonchev–Trinajstić information content (AvgIpc) is 2.12. The Kier molecular flexibility index (Phi) is 6.72. The summed E-state index contributed by atoms with van der Waals surface area (Å²) in [4.78, 5) is 22.9. The third-order valence-electron chi connectivity index (χ3n) is 1.93. The van der Waals surface area contributed by atoms with E-state index in [1.165, 1.54) is 6.92 Å². The molecule has 5 nitrogen and oxygen atoms in total. The minimum absolute atomic E-state index is 0.205. The molecule has 0 saturated carbocycles. The normalized spacial score (nSPS) is 14.4. The molecule has 16 heavy (non-hydrogen) atoms. The third kappa shape index (κ3) is 5.70. The maximum Gasteiger partial charge on any atom is 0.331 e. The molecule has 0 aliphatic heterocycles. The zero-order valence-electron chi connectivity index (χ0n) is 10.3. The maximum absolute atomic E-state index is 11.4. The van der Waals surface area contributed by atoms with E-state index >= 15 is 0 Å². The predicted octanol–water partition coefficient (Wildman–Crippen LogP) is 0.461. The molecule has 0 aliphatic carbocycles. The second kappa shape index (κ2) is 7.22. The highest BCUT2D eigenvalue weighted by Crippen LogP contribution is 2.02. The molecule has 0 heterocycles. The van der Waals surface area contributed by atoms with E-state index in [4.69, 9.17) is 4.74 Å². The average molecular weight is 231 g/mol. The van der Waals surface area contributed by atoms with Gasteiger partial charge in [-0.15, -0.1) is 0 Å². The number of aliphatic hydroxyl groups excluding tert-OH is 1. The van der Waals surface area contributed by atoms with Gasteiger partial charge in [-0.1, -0.05) is 13.8 Å². The fourth-order valence-corrected chi connectivity index (χ4v) is 1.21. The van der Waals surface area contributed by atoms with E-state index in [1.807, 2.05) is 13.8 Å². The molecule has 0 aromatic heterocycles. The number of carbonyl (C=O) groups excluding carboxylic acids is 2. The van der Waals surface area contributed by atoms with E-state index in [1.54, 1.807) is 6.92 Å². The van der Waals surface area contributed by atoms with Gasteiger partial charge < -0.3 is 15.2 Å². The first-order chi connectivity index (χ1) is 7.38. The highest BCUT2D eigenvalue weighted by atomic mass is 16.5. The Bertz CT molecular complexity index is 238. The first kappa shape index (κ1) is 14.9. The number of amides is 1. The van der Waals surface area contributed by atoms with Crippen LogP contribution in [-0.2, 0) is 14.3 Å². The molecule has 0 spiro atoms. The van der Waals surface area contributed by atoms with Gasteiger partial charge in [-0.25, -0.2) is 4.79 Å². The summed E-state index contributed by atoms with van der Waals surface area (Å²) < 4.78 is 4.76. The van der Waals surface area contributed by atoms with Crippen molar-refractivity contribution in [3.63, 3.8) is 0 Å². The van der Waals surface area contributed by atoms with Crippen molar-refractivity contribution in [1.29, 1.82) is 0 Å². The summed E-state index contributed by atoms with van der Waals surface area (Å²) in [6.07, 6.45) is -0.641. The van der Waals surface area contributed by atoms with Gasteiger partial charge in [0.25, 0.3) is 0 Å². The summed E-state index contributed by atoms with van der Waals surface area (Å²) in [7, 11) is 0. The highest BCUT2D eigenvalue weighted by molar-refractivity contribution is 5.84. The zero-order chi connectivity index (χ0) is 12.7. The number of nitrogens with one attached hydrogen (secondary N) is 1. The van der Waals surface area contributed by atoms with Gasteiger partial charge in [0.05, 0.1) is 12.7 Å². The van der Waals surface area contributed by atoms with Crippen molar-refractivity contribution in [2.45, 2.75) is 46.3 Å². The standard InChI is InChI=1S/C11H21NO4/c1-5-16-11(15)10(8(4)13)12-9(14)6-7(2)3/h7-8,10,13H,5-6H2,1-4H3,(H,12,14). The number of aliphatic hydroxyl groups is 1. The molecule has 2 atom stereocenters. The number of ether oxygens (including phenoxy) is 1. The van der Waals surface area contributed by atoms with Crippen molar-refractivity contribution in [2.24, 2.45) is 5.92 Å². The van der Waals surface area contributed by atoms with Crippen LogP contribution in [0.5, 0.6) is 0 Å². The van der Waals surface area contributed by atoms with E-state index in [0.717, 1.165) is 0 Å². The first-order valence-corrected chi connectivity index (χ1v) is 5.52. The minimum Gasteiger partial charge on any atom is -0.464 e. The van der Waals surface area contributed by atoms with Crippen LogP contribution in [0.2, 0.25) is 0 Å². The van der Waals surface area contributed by atoms with Gasteiger partial charge >= 0.3 is 5.97 Å². The zero-order valence-corrected chi connectivity index (χ0v) is 10.3. The van der Waals surface area contributed by atoms with Crippen molar-refractivity contribution in [3.8, 4) is 0 Å². The molecule has 2 unspecified atom stereocenters. The van der Waals surface area contributed by atoms with Crippen molar-refractivity contribution >= 4 is 11.9 Å². The maximum atomic E-state index is 11.4. The molecule has 0 aromatic rings.